The molecule has 1 aliphatic carbocycles. The van der Waals surface area contributed by atoms with Crippen molar-refractivity contribution in [1.82, 2.24) is 4.98 Å². The first kappa shape index (κ1) is 10.9. The van der Waals surface area contributed by atoms with Crippen LogP contribution in [-0.4, -0.2) is 4.98 Å². The highest BCUT2D eigenvalue weighted by molar-refractivity contribution is 6.30. The van der Waals surface area contributed by atoms with Crippen LogP contribution in [-0.2, 0) is 0 Å². The monoisotopic (exact) mass is 224 g/mol. The summed E-state index contributed by atoms with van der Waals surface area (Å²) in [6.07, 6.45) is 8.14. The van der Waals surface area contributed by atoms with Gasteiger partial charge in [-0.2, -0.15) is 0 Å². The minimum Gasteiger partial charge on any atom is -0.322 e. The number of aromatic nitrogens is 1. The van der Waals surface area contributed by atoms with Gasteiger partial charge in [-0.15, -0.1) is 0 Å². The van der Waals surface area contributed by atoms with Crippen molar-refractivity contribution in [2.24, 2.45) is 11.7 Å². The molecule has 0 radical (unpaired) electrons. The van der Waals surface area contributed by atoms with Crippen LogP contribution in [0.4, 0.5) is 0 Å². The maximum Gasteiger partial charge on any atom is 0.0589 e. The standard InChI is InChI=1S/C12H17ClN2/c13-10-6-7-11(15-8-10)12(14)9-4-2-1-3-5-9/h6-9,12H,1-5,14H2. The smallest absolute Gasteiger partial charge is 0.0589 e. The molecule has 1 unspecified atom stereocenters. The Labute approximate surface area is 95.8 Å². The second kappa shape index (κ2) is 4.95. The van der Waals surface area contributed by atoms with Gasteiger partial charge in [0.2, 0.25) is 0 Å². The normalized spacial score (nSPS) is 20.1. The van der Waals surface area contributed by atoms with Crippen molar-refractivity contribution in [2.45, 2.75) is 38.1 Å². The van der Waals surface area contributed by atoms with E-state index in [9.17, 15) is 0 Å². The van der Waals surface area contributed by atoms with Crippen molar-refractivity contribution in [3.8, 4) is 0 Å². The lowest BCUT2D eigenvalue weighted by atomic mass is 9.83. The van der Waals surface area contributed by atoms with E-state index in [1.807, 2.05) is 12.1 Å². The number of hydrogen-bond donors (Lipinski definition) is 1. The van der Waals surface area contributed by atoms with E-state index in [1.165, 1.54) is 32.1 Å². The van der Waals surface area contributed by atoms with E-state index in [0.717, 1.165) is 5.69 Å². The van der Waals surface area contributed by atoms with Crippen LogP contribution < -0.4 is 5.73 Å². The van der Waals surface area contributed by atoms with Crippen molar-refractivity contribution in [3.63, 3.8) is 0 Å². The van der Waals surface area contributed by atoms with Gasteiger partial charge in [-0.3, -0.25) is 4.98 Å². The van der Waals surface area contributed by atoms with Gasteiger partial charge in [0.25, 0.3) is 0 Å². The molecule has 15 heavy (non-hydrogen) atoms. The molecule has 0 bridgehead atoms. The van der Waals surface area contributed by atoms with Crippen LogP contribution in [0.25, 0.3) is 0 Å². The average Bonchev–Trinajstić information content (AvgIpc) is 2.30. The molecule has 1 fully saturated rings. The van der Waals surface area contributed by atoms with Gasteiger partial charge in [-0.25, -0.2) is 0 Å². The van der Waals surface area contributed by atoms with Gasteiger partial charge in [0.1, 0.15) is 0 Å². The minimum absolute atomic E-state index is 0.0857. The number of hydrogen-bond acceptors (Lipinski definition) is 2. The molecule has 82 valence electrons. The summed E-state index contributed by atoms with van der Waals surface area (Å²) in [6, 6.07) is 3.90. The minimum atomic E-state index is 0.0857. The van der Waals surface area contributed by atoms with E-state index in [1.54, 1.807) is 6.20 Å². The summed E-state index contributed by atoms with van der Waals surface area (Å²) in [7, 11) is 0. The number of rotatable bonds is 2. The van der Waals surface area contributed by atoms with Crippen LogP contribution in [0.1, 0.15) is 43.8 Å². The zero-order chi connectivity index (χ0) is 10.7. The molecule has 2 N–H and O–H groups in total. The fourth-order valence-electron chi connectivity index (χ4n) is 2.32. The van der Waals surface area contributed by atoms with Gasteiger partial charge >= 0.3 is 0 Å². The summed E-state index contributed by atoms with van der Waals surface area (Å²) in [4.78, 5) is 4.30. The Bertz CT molecular complexity index is 304. The number of nitrogens with zero attached hydrogens (tertiary/aromatic N) is 1. The van der Waals surface area contributed by atoms with Crippen molar-refractivity contribution in [2.75, 3.05) is 0 Å². The van der Waals surface area contributed by atoms with Crippen LogP contribution in [0.3, 0.4) is 0 Å². The van der Waals surface area contributed by atoms with Crippen molar-refractivity contribution < 1.29 is 0 Å². The van der Waals surface area contributed by atoms with Crippen molar-refractivity contribution >= 4 is 11.6 Å². The maximum absolute atomic E-state index is 6.21. The van der Waals surface area contributed by atoms with Gasteiger partial charge in [-0.05, 0) is 30.9 Å². The van der Waals surface area contributed by atoms with Crippen LogP contribution >= 0.6 is 11.6 Å². The summed E-state index contributed by atoms with van der Waals surface area (Å²) in [5.74, 6) is 0.604. The van der Waals surface area contributed by atoms with Crippen LogP contribution in [0.5, 0.6) is 0 Å². The SMILES string of the molecule is NC(c1ccc(Cl)cn1)C1CCCCC1. The second-order valence-electron chi connectivity index (χ2n) is 4.33. The zero-order valence-electron chi connectivity index (χ0n) is 8.82. The molecule has 0 amide bonds. The third-order valence-corrected chi connectivity index (χ3v) is 3.47. The lowest BCUT2D eigenvalue weighted by Crippen LogP contribution is -2.24. The molecule has 1 heterocycles. The molecule has 1 aromatic heterocycles. The fraction of sp³-hybridized carbons (Fsp3) is 0.583. The van der Waals surface area contributed by atoms with E-state index in [2.05, 4.69) is 4.98 Å². The highest BCUT2D eigenvalue weighted by Crippen LogP contribution is 2.32. The average molecular weight is 225 g/mol. The Morgan fingerprint density at radius 3 is 2.60 bits per heavy atom. The molecule has 2 nitrogen and oxygen atoms in total. The largest absolute Gasteiger partial charge is 0.322 e. The predicted octanol–water partition coefficient (Wildman–Crippen LogP) is 3.32. The number of nitrogens with two attached hydrogens (primary N) is 1. The molecule has 1 aromatic rings. The quantitative estimate of drug-likeness (QED) is 0.837. The van der Waals surface area contributed by atoms with E-state index >= 15 is 0 Å². The Morgan fingerprint density at radius 1 is 1.27 bits per heavy atom. The first-order valence-electron chi connectivity index (χ1n) is 5.64. The second-order valence-corrected chi connectivity index (χ2v) is 4.76. The molecular formula is C12H17ClN2. The highest BCUT2D eigenvalue weighted by atomic mass is 35.5. The van der Waals surface area contributed by atoms with E-state index in [-0.39, 0.29) is 6.04 Å². The molecule has 1 saturated carbocycles. The molecule has 0 spiro atoms. The summed E-state index contributed by atoms with van der Waals surface area (Å²) < 4.78 is 0. The molecule has 2 rings (SSSR count). The van der Waals surface area contributed by atoms with E-state index < -0.39 is 0 Å². The zero-order valence-corrected chi connectivity index (χ0v) is 9.58. The third kappa shape index (κ3) is 2.70. The lowest BCUT2D eigenvalue weighted by molar-refractivity contribution is 0.305. The van der Waals surface area contributed by atoms with Gasteiger partial charge < -0.3 is 5.73 Å². The summed E-state index contributed by atoms with van der Waals surface area (Å²) in [5, 5.41) is 0.676. The van der Waals surface area contributed by atoms with Gasteiger partial charge in [0.05, 0.1) is 10.7 Å². The van der Waals surface area contributed by atoms with Crippen LogP contribution in [0.15, 0.2) is 18.3 Å². The molecular weight excluding hydrogens is 208 g/mol. The molecule has 0 aromatic carbocycles. The molecule has 0 aliphatic heterocycles. The van der Waals surface area contributed by atoms with Crippen LogP contribution in [0, 0.1) is 5.92 Å². The highest BCUT2D eigenvalue weighted by Gasteiger charge is 2.22. The van der Waals surface area contributed by atoms with E-state index in [4.69, 9.17) is 17.3 Å². The van der Waals surface area contributed by atoms with Gasteiger partial charge in [0, 0.05) is 12.2 Å². The third-order valence-electron chi connectivity index (χ3n) is 3.25. The fourth-order valence-corrected chi connectivity index (χ4v) is 2.43. The predicted molar refractivity (Wildman–Crippen MR) is 62.8 cm³/mol. The summed E-state index contributed by atoms with van der Waals surface area (Å²) >= 11 is 5.80. The van der Waals surface area contributed by atoms with Crippen LogP contribution in [0.2, 0.25) is 5.02 Å². The topological polar surface area (TPSA) is 38.9 Å². The maximum atomic E-state index is 6.21. The van der Waals surface area contributed by atoms with Crippen molar-refractivity contribution in [3.05, 3.63) is 29.0 Å². The first-order valence-corrected chi connectivity index (χ1v) is 6.02. The molecule has 3 heteroatoms. The Balaban J connectivity index is 2.05. The Hall–Kier alpha value is -0.600. The Kier molecular flexibility index (Phi) is 3.60. The Morgan fingerprint density at radius 2 is 2.00 bits per heavy atom. The van der Waals surface area contributed by atoms with Gasteiger partial charge in [-0.1, -0.05) is 30.9 Å². The molecule has 0 saturated heterocycles. The van der Waals surface area contributed by atoms with Gasteiger partial charge in [0.15, 0.2) is 0 Å². The number of halogens is 1. The number of pyridine rings is 1. The van der Waals surface area contributed by atoms with E-state index in [0.29, 0.717) is 10.9 Å². The van der Waals surface area contributed by atoms with Crippen molar-refractivity contribution in [1.29, 1.82) is 0 Å². The first-order chi connectivity index (χ1) is 7.27. The molecule has 1 atom stereocenters. The lowest BCUT2D eigenvalue weighted by Gasteiger charge is -2.27. The summed E-state index contributed by atoms with van der Waals surface area (Å²) in [5.41, 5.74) is 7.19. The molecule has 1 aliphatic rings. The summed E-state index contributed by atoms with van der Waals surface area (Å²) in [6.45, 7) is 0.